The van der Waals surface area contributed by atoms with Gasteiger partial charge < -0.3 is 15.1 Å². The molecule has 1 heterocycles. The molecule has 2 N–H and O–H groups in total. The number of rotatable bonds is 5. The minimum atomic E-state index is -0.786. The number of hydrogen-bond acceptors (Lipinski definition) is 3. The van der Waals surface area contributed by atoms with E-state index < -0.39 is 5.60 Å². The molecule has 1 amide bonds. The lowest BCUT2D eigenvalue weighted by Crippen LogP contribution is -2.47. The van der Waals surface area contributed by atoms with Crippen molar-refractivity contribution in [1.29, 1.82) is 0 Å². The summed E-state index contributed by atoms with van der Waals surface area (Å²) >= 11 is 0. The molecule has 0 radical (unpaired) electrons. The summed E-state index contributed by atoms with van der Waals surface area (Å²) in [7, 11) is 0. The zero-order valence-electron chi connectivity index (χ0n) is 16.2. The summed E-state index contributed by atoms with van der Waals surface area (Å²) < 4.78 is 0. The van der Waals surface area contributed by atoms with Crippen LogP contribution in [0.3, 0.4) is 0 Å². The van der Waals surface area contributed by atoms with Crippen LogP contribution in [0.5, 0.6) is 5.75 Å². The minimum Gasteiger partial charge on any atom is -0.508 e. The first-order valence-corrected chi connectivity index (χ1v) is 9.70. The van der Waals surface area contributed by atoms with E-state index in [-0.39, 0.29) is 17.6 Å². The molecule has 1 saturated heterocycles. The van der Waals surface area contributed by atoms with Gasteiger partial charge in [-0.2, -0.15) is 0 Å². The maximum atomic E-state index is 12.6. The Bertz CT molecular complexity index is 779. The Balaban J connectivity index is 1.54. The molecule has 0 unspecified atom stereocenters. The SMILES string of the molecule is Cc1cc(CC2(O)CCN(C(=O)C[C@@H](C)c3ccccc3)CC2)ccc1O. The van der Waals surface area contributed by atoms with E-state index in [1.807, 2.05) is 42.2 Å². The van der Waals surface area contributed by atoms with Crippen LogP contribution in [0, 0.1) is 6.92 Å². The van der Waals surface area contributed by atoms with E-state index in [2.05, 4.69) is 19.1 Å². The lowest BCUT2D eigenvalue weighted by molar-refractivity contribution is -0.135. The van der Waals surface area contributed by atoms with E-state index in [1.165, 1.54) is 5.56 Å². The Kier molecular flexibility index (Phi) is 5.85. The number of hydrogen-bond donors (Lipinski definition) is 2. The van der Waals surface area contributed by atoms with Gasteiger partial charge >= 0.3 is 0 Å². The fourth-order valence-corrected chi connectivity index (χ4v) is 3.85. The first-order valence-electron chi connectivity index (χ1n) is 9.70. The topological polar surface area (TPSA) is 60.8 Å². The van der Waals surface area contributed by atoms with E-state index in [1.54, 1.807) is 6.07 Å². The average Bonchev–Trinajstić information content (AvgIpc) is 2.66. The van der Waals surface area contributed by atoms with Crippen molar-refractivity contribution in [3.05, 3.63) is 65.2 Å². The van der Waals surface area contributed by atoms with Crippen molar-refractivity contribution in [2.24, 2.45) is 0 Å². The summed E-state index contributed by atoms with van der Waals surface area (Å²) in [5.74, 6) is 0.632. The molecule has 3 rings (SSSR count). The first kappa shape index (κ1) is 19.4. The molecular weight excluding hydrogens is 338 g/mol. The maximum Gasteiger partial charge on any atom is 0.223 e. The highest BCUT2D eigenvalue weighted by Gasteiger charge is 2.34. The van der Waals surface area contributed by atoms with E-state index >= 15 is 0 Å². The molecule has 1 atom stereocenters. The minimum absolute atomic E-state index is 0.161. The number of piperidine rings is 1. The van der Waals surface area contributed by atoms with Crippen LogP contribution in [0.4, 0.5) is 0 Å². The predicted molar refractivity (Wildman–Crippen MR) is 107 cm³/mol. The first-order chi connectivity index (χ1) is 12.9. The molecule has 0 aliphatic carbocycles. The van der Waals surface area contributed by atoms with Gasteiger partial charge in [0.05, 0.1) is 5.60 Å². The molecule has 2 aromatic carbocycles. The van der Waals surface area contributed by atoms with Gasteiger partial charge in [0.1, 0.15) is 5.75 Å². The molecule has 0 saturated carbocycles. The molecule has 1 fully saturated rings. The average molecular weight is 367 g/mol. The van der Waals surface area contributed by atoms with Gasteiger partial charge in [-0.05, 0) is 48.4 Å². The van der Waals surface area contributed by atoms with Gasteiger partial charge in [0, 0.05) is 25.9 Å². The third-order valence-corrected chi connectivity index (χ3v) is 5.69. The van der Waals surface area contributed by atoms with Gasteiger partial charge in [0.2, 0.25) is 5.91 Å². The van der Waals surface area contributed by atoms with Crippen LogP contribution in [-0.4, -0.2) is 39.7 Å². The number of carbonyl (C=O) groups excluding carboxylic acids is 1. The molecule has 2 aromatic rings. The molecule has 4 nitrogen and oxygen atoms in total. The number of phenols is 1. The second-order valence-corrected chi connectivity index (χ2v) is 7.92. The van der Waals surface area contributed by atoms with Crippen LogP contribution in [0.15, 0.2) is 48.5 Å². The van der Waals surface area contributed by atoms with Gasteiger partial charge in [-0.3, -0.25) is 4.79 Å². The largest absolute Gasteiger partial charge is 0.508 e. The van der Waals surface area contributed by atoms with Crippen LogP contribution in [0.2, 0.25) is 0 Å². The molecular formula is C23H29NO3. The number of nitrogens with zero attached hydrogens (tertiary/aromatic N) is 1. The maximum absolute atomic E-state index is 12.6. The lowest BCUT2D eigenvalue weighted by Gasteiger charge is -2.38. The van der Waals surface area contributed by atoms with E-state index in [0.717, 1.165) is 11.1 Å². The summed E-state index contributed by atoms with van der Waals surface area (Å²) in [6.07, 6.45) is 2.22. The normalized spacial score (nSPS) is 17.5. The highest BCUT2D eigenvalue weighted by atomic mass is 16.3. The molecule has 144 valence electrons. The van der Waals surface area contributed by atoms with Gasteiger partial charge in [-0.1, -0.05) is 49.4 Å². The fraction of sp³-hybridized carbons (Fsp3) is 0.435. The molecule has 0 bridgehead atoms. The van der Waals surface area contributed by atoms with Gasteiger partial charge in [0.15, 0.2) is 0 Å². The fourth-order valence-electron chi connectivity index (χ4n) is 3.85. The number of benzene rings is 2. The zero-order chi connectivity index (χ0) is 19.4. The molecule has 27 heavy (non-hydrogen) atoms. The second-order valence-electron chi connectivity index (χ2n) is 7.92. The summed E-state index contributed by atoms with van der Waals surface area (Å²) in [4.78, 5) is 14.5. The van der Waals surface area contributed by atoms with E-state index in [9.17, 15) is 15.0 Å². The highest BCUT2D eigenvalue weighted by molar-refractivity contribution is 5.77. The van der Waals surface area contributed by atoms with Crippen molar-refractivity contribution in [1.82, 2.24) is 4.90 Å². The second kappa shape index (κ2) is 8.13. The Hall–Kier alpha value is -2.33. The Morgan fingerprint density at radius 1 is 1.15 bits per heavy atom. The van der Waals surface area contributed by atoms with Crippen molar-refractivity contribution >= 4 is 5.91 Å². The molecule has 1 aliphatic heterocycles. The molecule has 1 aliphatic rings. The third kappa shape index (κ3) is 4.89. The van der Waals surface area contributed by atoms with Crippen LogP contribution in [0.1, 0.15) is 48.8 Å². The van der Waals surface area contributed by atoms with Crippen molar-refractivity contribution in [3.63, 3.8) is 0 Å². The monoisotopic (exact) mass is 367 g/mol. The number of aryl methyl sites for hydroxylation is 1. The number of aromatic hydroxyl groups is 1. The van der Waals surface area contributed by atoms with Crippen molar-refractivity contribution < 1.29 is 15.0 Å². The van der Waals surface area contributed by atoms with Crippen molar-refractivity contribution in [3.8, 4) is 5.75 Å². The van der Waals surface area contributed by atoms with Crippen molar-refractivity contribution in [2.45, 2.75) is 51.0 Å². The smallest absolute Gasteiger partial charge is 0.223 e. The summed E-state index contributed by atoms with van der Waals surface area (Å²) in [5, 5.41) is 20.6. The standard InChI is InChI=1S/C23H29NO3/c1-17(20-6-4-3-5-7-20)15-22(26)24-12-10-23(27,11-13-24)16-19-8-9-21(25)18(2)14-19/h3-9,14,17,25,27H,10-13,15-16H2,1-2H3/t17-/m1/s1. The lowest BCUT2D eigenvalue weighted by atomic mass is 9.84. The van der Waals surface area contributed by atoms with Crippen LogP contribution >= 0.6 is 0 Å². The quantitative estimate of drug-likeness (QED) is 0.845. The van der Waals surface area contributed by atoms with E-state index in [4.69, 9.17) is 0 Å². The zero-order valence-corrected chi connectivity index (χ0v) is 16.2. The van der Waals surface area contributed by atoms with Gasteiger partial charge in [0.25, 0.3) is 0 Å². The van der Waals surface area contributed by atoms with Crippen LogP contribution < -0.4 is 0 Å². The van der Waals surface area contributed by atoms with Gasteiger partial charge in [-0.15, -0.1) is 0 Å². The van der Waals surface area contributed by atoms with Gasteiger partial charge in [-0.25, -0.2) is 0 Å². The summed E-state index contributed by atoms with van der Waals surface area (Å²) in [5.41, 5.74) is 2.23. The van der Waals surface area contributed by atoms with E-state index in [0.29, 0.717) is 38.8 Å². The number of amides is 1. The molecule has 4 heteroatoms. The van der Waals surface area contributed by atoms with Crippen molar-refractivity contribution in [2.75, 3.05) is 13.1 Å². The summed E-state index contributed by atoms with van der Waals surface area (Å²) in [6.45, 7) is 5.13. The molecule has 0 aromatic heterocycles. The number of carbonyl (C=O) groups is 1. The number of likely N-dealkylation sites (tertiary alicyclic amines) is 1. The number of phenolic OH excluding ortho intramolecular Hbond substituents is 1. The Labute approximate surface area is 161 Å². The third-order valence-electron chi connectivity index (χ3n) is 5.69. The number of aliphatic hydroxyl groups is 1. The van der Waals surface area contributed by atoms with Crippen LogP contribution in [-0.2, 0) is 11.2 Å². The van der Waals surface area contributed by atoms with Crippen LogP contribution in [0.25, 0.3) is 0 Å². The Morgan fingerprint density at radius 3 is 2.44 bits per heavy atom. The predicted octanol–water partition coefficient (Wildman–Crippen LogP) is 3.79. The Morgan fingerprint density at radius 2 is 1.81 bits per heavy atom. The highest BCUT2D eigenvalue weighted by Crippen LogP contribution is 2.29. The molecule has 0 spiro atoms. The summed E-state index contributed by atoms with van der Waals surface area (Å²) in [6, 6.07) is 15.6.